The van der Waals surface area contributed by atoms with Crippen molar-refractivity contribution in [1.29, 1.82) is 0 Å². The molecule has 1 aromatic rings. The van der Waals surface area contributed by atoms with Gasteiger partial charge in [-0.3, -0.25) is 4.18 Å². The number of likely N-dealkylation sites (tertiary alicyclic amines) is 1. The molecule has 0 saturated carbocycles. The minimum Gasteiger partial charge on any atom is -0.508 e. The van der Waals surface area contributed by atoms with Crippen LogP contribution in [0.1, 0.15) is 31.2 Å². The molecule has 5 aliphatic rings. The van der Waals surface area contributed by atoms with Gasteiger partial charge in [0.05, 0.1) is 4.90 Å². The molecular formula is C24H27NO5S. The molecule has 31 heavy (non-hydrogen) atoms. The molecule has 3 aliphatic carbocycles. The second-order valence-electron chi connectivity index (χ2n) is 9.57. The van der Waals surface area contributed by atoms with Gasteiger partial charge in [0.1, 0.15) is 18.0 Å². The Labute approximate surface area is 183 Å². The zero-order valence-electron chi connectivity index (χ0n) is 17.7. The molecule has 1 N–H and O–H groups in total. The van der Waals surface area contributed by atoms with Crippen LogP contribution in [0, 0.1) is 18.3 Å². The number of piperidine rings is 1. The van der Waals surface area contributed by atoms with E-state index in [1.807, 2.05) is 13.0 Å². The van der Waals surface area contributed by atoms with E-state index < -0.39 is 22.3 Å². The van der Waals surface area contributed by atoms with Crippen molar-refractivity contribution in [2.45, 2.75) is 55.8 Å². The normalized spacial score (nSPS) is 36.5. The molecule has 0 aromatic heterocycles. The average Bonchev–Trinajstić information content (AvgIpc) is 3.09. The van der Waals surface area contributed by atoms with Crippen molar-refractivity contribution in [3.63, 3.8) is 0 Å². The van der Waals surface area contributed by atoms with Crippen LogP contribution in [0.4, 0.5) is 0 Å². The molecule has 7 heteroatoms. The predicted octanol–water partition coefficient (Wildman–Crippen LogP) is 3.61. The van der Waals surface area contributed by atoms with Gasteiger partial charge in [0.15, 0.2) is 5.76 Å². The molecular weight excluding hydrogens is 414 g/mol. The second-order valence-corrected chi connectivity index (χ2v) is 11.1. The number of hydrogen-bond acceptors (Lipinski definition) is 6. The first-order valence-electron chi connectivity index (χ1n) is 11.0. The van der Waals surface area contributed by atoms with E-state index in [1.54, 1.807) is 24.3 Å². The van der Waals surface area contributed by atoms with E-state index in [-0.39, 0.29) is 16.2 Å². The number of allylic oxidation sites excluding steroid dienone is 2. The first-order valence-corrected chi connectivity index (χ1v) is 12.4. The summed E-state index contributed by atoms with van der Waals surface area (Å²) in [4.78, 5) is 2.56. The first-order chi connectivity index (χ1) is 14.8. The van der Waals surface area contributed by atoms with Gasteiger partial charge in [-0.2, -0.15) is 8.42 Å². The van der Waals surface area contributed by atoms with Gasteiger partial charge in [-0.1, -0.05) is 35.4 Å². The molecule has 1 spiro atoms. The molecule has 0 unspecified atom stereocenters. The Hall–Kier alpha value is -2.09. The molecule has 164 valence electrons. The Morgan fingerprint density at radius 1 is 1.19 bits per heavy atom. The zero-order valence-corrected chi connectivity index (χ0v) is 18.6. The number of rotatable bonds is 3. The van der Waals surface area contributed by atoms with Crippen molar-refractivity contribution in [3.05, 3.63) is 64.6 Å². The summed E-state index contributed by atoms with van der Waals surface area (Å²) in [5.41, 5.74) is 3.15. The van der Waals surface area contributed by atoms with E-state index in [2.05, 4.69) is 18.0 Å². The van der Waals surface area contributed by atoms with Gasteiger partial charge >= 0.3 is 0 Å². The maximum atomic E-state index is 13.1. The summed E-state index contributed by atoms with van der Waals surface area (Å²) in [6, 6.07) is 7.06. The molecule has 0 radical (unpaired) electrons. The molecule has 2 fully saturated rings. The van der Waals surface area contributed by atoms with Crippen LogP contribution in [0.2, 0.25) is 0 Å². The Balaban J connectivity index is 1.45. The Bertz CT molecular complexity index is 1150. The van der Waals surface area contributed by atoms with Crippen LogP contribution in [-0.2, 0) is 19.0 Å². The third kappa shape index (κ3) is 2.60. The lowest BCUT2D eigenvalue weighted by Crippen LogP contribution is -2.61. The molecule has 2 saturated heterocycles. The summed E-state index contributed by atoms with van der Waals surface area (Å²) in [6.07, 6.45) is 6.08. The molecule has 6 rings (SSSR count). The highest BCUT2D eigenvalue weighted by atomic mass is 32.2. The fraction of sp³-hybridized carbons (Fsp3) is 0.500. The predicted molar refractivity (Wildman–Crippen MR) is 115 cm³/mol. The van der Waals surface area contributed by atoms with E-state index in [9.17, 15) is 13.5 Å². The number of aliphatic hydroxyl groups is 1. The summed E-state index contributed by atoms with van der Waals surface area (Å²) in [5, 5.41) is 10.7. The van der Waals surface area contributed by atoms with Crippen molar-refractivity contribution in [2.75, 3.05) is 13.6 Å². The van der Waals surface area contributed by atoms with E-state index in [1.165, 1.54) is 5.57 Å². The molecule has 5 atom stereocenters. The fourth-order valence-electron chi connectivity index (χ4n) is 6.51. The van der Waals surface area contributed by atoms with Crippen LogP contribution in [0.3, 0.4) is 0 Å². The SMILES string of the molecule is Cc1ccc(S(=O)(=O)O[C@H]2C=C[C@H]3[C@H]4CC5=C6C(=C(O)CC5)O[C@@H]2[C@]63CCN4C)cc1. The Morgan fingerprint density at radius 3 is 2.74 bits per heavy atom. The highest BCUT2D eigenvalue weighted by Gasteiger charge is 2.66. The molecule has 2 aliphatic heterocycles. The van der Waals surface area contributed by atoms with Gasteiger partial charge < -0.3 is 14.7 Å². The summed E-state index contributed by atoms with van der Waals surface area (Å²) in [7, 11) is -1.78. The lowest BCUT2D eigenvalue weighted by atomic mass is 9.52. The summed E-state index contributed by atoms with van der Waals surface area (Å²) in [6.45, 7) is 2.83. The number of nitrogens with zero attached hydrogens (tertiary/aromatic N) is 1. The number of aliphatic hydroxyl groups excluding tert-OH is 1. The highest BCUT2D eigenvalue weighted by molar-refractivity contribution is 7.86. The number of aryl methyl sites for hydroxylation is 1. The van der Waals surface area contributed by atoms with Gasteiger partial charge in [0.2, 0.25) is 0 Å². The van der Waals surface area contributed by atoms with Crippen LogP contribution in [-0.4, -0.2) is 50.3 Å². The van der Waals surface area contributed by atoms with Gasteiger partial charge in [0, 0.05) is 29.4 Å². The second kappa shape index (κ2) is 6.47. The minimum absolute atomic E-state index is 0.147. The molecule has 2 bridgehead atoms. The van der Waals surface area contributed by atoms with Crippen molar-refractivity contribution < 1.29 is 22.4 Å². The van der Waals surface area contributed by atoms with Crippen LogP contribution in [0.25, 0.3) is 0 Å². The minimum atomic E-state index is -3.95. The largest absolute Gasteiger partial charge is 0.508 e. The lowest BCUT2D eigenvalue weighted by Gasteiger charge is -2.57. The van der Waals surface area contributed by atoms with Crippen molar-refractivity contribution in [1.82, 2.24) is 4.90 Å². The third-order valence-electron chi connectivity index (χ3n) is 7.99. The van der Waals surface area contributed by atoms with Crippen molar-refractivity contribution in [3.8, 4) is 0 Å². The highest BCUT2D eigenvalue weighted by Crippen LogP contribution is 2.65. The standard InChI is InChI=1S/C24H27NO5S/c1-14-3-6-16(7-4-14)31(27,28)30-20-10-8-17-18-13-15-5-9-19(26)22-21(15)24(17,23(20)29-22)11-12-25(18)2/h3-4,6-8,10,17-18,20,23,26H,5,9,11-13H2,1-2H3/t17-,18+,20-,23-,24-/m0/s1. The van der Waals surface area contributed by atoms with Crippen LogP contribution in [0.5, 0.6) is 0 Å². The van der Waals surface area contributed by atoms with Gasteiger partial charge in [0.25, 0.3) is 10.1 Å². The quantitative estimate of drug-likeness (QED) is 0.571. The van der Waals surface area contributed by atoms with Gasteiger partial charge in [-0.15, -0.1) is 0 Å². The van der Waals surface area contributed by atoms with Crippen molar-refractivity contribution >= 4 is 10.1 Å². The molecule has 6 nitrogen and oxygen atoms in total. The number of ether oxygens (including phenoxy) is 1. The summed E-state index contributed by atoms with van der Waals surface area (Å²) < 4.78 is 38.3. The summed E-state index contributed by atoms with van der Waals surface area (Å²) >= 11 is 0. The monoisotopic (exact) mass is 441 g/mol. The maximum absolute atomic E-state index is 13.1. The van der Waals surface area contributed by atoms with E-state index >= 15 is 0 Å². The first kappa shape index (κ1) is 19.6. The zero-order chi connectivity index (χ0) is 21.5. The van der Waals surface area contributed by atoms with E-state index in [4.69, 9.17) is 8.92 Å². The van der Waals surface area contributed by atoms with E-state index in [0.717, 1.165) is 36.9 Å². The summed E-state index contributed by atoms with van der Waals surface area (Å²) in [5.74, 6) is 1.10. The lowest BCUT2D eigenvalue weighted by molar-refractivity contribution is -0.0719. The van der Waals surface area contributed by atoms with Crippen LogP contribution >= 0.6 is 0 Å². The van der Waals surface area contributed by atoms with Gasteiger partial charge in [-0.25, -0.2) is 0 Å². The third-order valence-corrected chi connectivity index (χ3v) is 9.31. The van der Waals surface area contributed by atoms with Crippen LogP contribution in [0.15, 0.2) is 64.0 Å². The Kier molecular flexibility index (Phi) is 4.08. The number of hydrogen-bond donors (Lipinski definition) is 1. The Morgan fingerprint density at radius 2 is 1.97 bits per heavy atom. The number of benzene rings is 1. The van der Waals surface area contributed by atoms with Crippen LogP contribution < -0.4 is 0 Å². The maximum Gasteiger partial charge on any atom is 0.297 e. The molecule has 0 amide bonds. The van der Waals surface area contributed by atoms with Crippen molar-refractivity contribution in [2.24, 2.45) is 11.3 Å². The molecule has 1 aromatic carbocycles. The fourth-order valence-corrected chi connectivity index (χ4v) is 7.55. The smallest absolute Gasteiger partial charge is 0.297 e. The topological polar surface area (TPSA) is 76.1 Å². The van der Waals surface area contributed by atoms with E-state index in [0.29, 0.717) is 24.0 Å². The average molecular weight is 442 g/mol. The molecule has 2 heterocycles. The van der Waals surface area contributed by atoms with Gasteiger partial charge in [-0.05, 0) is 51.9 Å².